The number of unbranched alkanes of at least 4 members (excludes halogenated alkanes) is 1. The fraction of sp³-hybridized carbons (Fsp3) is 0.500. The molecule has 0 bridgehead atoms. The Morgan fingerprint density at radius 1 is 1.75 bits per heavy atom. The van der Waals surface area contributed by atoms with Crippen molar-refractivity contribution in [2.45, 2.75) is 26.3 Å². The first-order chi connectivity index (χ1) is 5.74. The highest BCUT2D eigenvalue weighted by Gasteiger charge is 1.99. The van der Waals surface area contributed by atoms with E-state index in [1.807, 2.05) is 6.92 Å². The smallest absolute Gasteiger partial charge is 0.0822 e. The van der Waals surface area contributed by atoms with Gasteiger partial charge in [0.25, 0.3) is 0 Å². The fourth-order valence-electron chi connectivity index (χ4n) is 0.968. The second-order valence-electron chi connectivity index (χ2n) is 2.69. The third-order valence-electron chi connectivity index (χ3n) is 1.66. The van der Waals surface area contributed by atoms with E-state index in [4.69, 9.17) is 11.0 Å². The quantitative estimate of drug-likeness (QED) is 0.679. The predicted octanol–water partition coefficient (Wildman–Crippen LogP) is 1.08. The lowest BCUT2D eigenvalue weighted by molar-refractivity contribution is 0.582. The Hall–Kier alpha value is -1.50. The third-order valence-corrected chi connectivity index (χ3v) is 1.66. The predicted molar refractivity (Wildman–Crippen MR) is 46.2 cm³/mol. The van der Waals surface area contributed by atoms with Gasteiger partial charge in [-0.05, 0) is 13.3 Å². The number of nitriles is 1. The molecule has 1 rings (SSSR count). The van der Waals surface area contributed by atoms with Crippen LogP contribution in [0, 0.1) is 18.3 Å². The lowest BCUT2D eigenvalue weighted by Crippen LogP contribution is -1.98. The molecular formula is C8H12N4. The minimum absolute atomic E-state index is 0.568. The van der Waals surface area contributed by atoms with Crippen molar-refractivity contribution in [2.75, 3.05) is 5.73 Å². The van der Waals surface area contributed by atoms with Crippen molar-refractivity contribution in [3.63, 3.8) is 0 Å². The second kappa shape index (κ2) is 3.77. The highest BCUT2D eigenvalue weighted by atomic mass is 15.3. The van der Waals surface area contributed by atoms with Crippen LogP contribution in [0.25, 0.3) is 0 Å². The lowest BCUT2D eigenvalue weighted by Gasteiger charge is -1.95. The largest absolute Gasteiger partial charge is 0.396 e. The SMILES string of the molecule is Cc1nn(CCCC#N)cc1N. The fourth-order valence-corrected chi connectivity index (χ4v) is 0.968. The molecule has 0 unspecified atom stereocenters. The molecule has 0 aliphatic carbocycles. The first kappa shape index (κ1) is 8.60. The summed E-state index contributed by atoms with van der Waals surface area (Å²) in [5.74, 6) is 0. The zero-order valence-corrected chi connectivity index (χ0v) is 7.12. The molecule has 64 valence electrons. The molecule has 1 aromatic heterocycles. The van der Waals surface area contributed by atoms with Crippen LogP contribution in [0.15, 0.2) is 6.20 Å². The Bertz CT molecular complexity index is 275. The molecule has 1 aromatic rings. The molecule has 4 nitrogen and oxygen atoms in total. The van der Waals surface area contributed by atoms with Crippen molar-refractivity contribution in [1.29, 1.82) is 5.26 Å². The maximum absolute atomic E-state index is 8.30. The maximum Gasteiger partial charge on any atom is 0.0822 e. The van der Waals surface area contributed by atoms with E-state index in [0.29, 0.717) is 12.1 Å². The van der Waals surface area contributed by atoms with Crippen molar-refractivity contribution in [3.8, 4) is 6.07 Å². The van der Waals surface area contributed by atoms with E-state index in [1.165, 1.54) is 0 Å². The third kappa shape index (κ3) is 1.99. The average molecular weight is 164 g/mol. The van der Waals surface area contributed by atoms with Gasteiger partial charge in [-0.25, -0.2) is 0 Å². The van der Waals surface area contributed by atoms with E-state index in [1.54, 1.807) is 10.9 Å². The molecule has 12 heavy (non-hydrogen) atoms. The van der Waals surface area contributed by atoms with Crippen LogP contribution < -0.4 is 5.73 Å². The van der Waals surface area contributed by atoms with Gasteiger partial charge >= 0.3 is 0 Å². The molecule has 0 atom stereocenters. The Balaban J connectivity index is 2.48. The summed E-state index contributed by atoms with van der Waals surface area (Å²) < 4.78 is 1.78. The van der Waals surface area contributed by atoms with Crippen LogP contribution in [0.1, 0.15) is 18.5 Å². The van der Waals surface area contributed by atoms with Crippen molar-refractivity contribution in [1.82, 2.24) is 9.78 Å². The first-order valence-electron chi connectivity index (χ1n) is 3.90. The Morgan fingerprint density at radius 3 is 3.00 bits per heavy atom. The van der Waals surface area contributed by atoms with E-state index < -0.39 is 0 Å². The zero-order chi connectivity index (χ0) is 8.97. The molecule has 2 N–H and O–H groups in total. The molecule has 0 saturated heterocycles. The van der Waals surface area contributed by atoms with Gasteiger partial charge in [0.1, 0.15) is 0 Å². The molecule has 0 amide bonds. The highest BCUT2D eigenvalue weighted by Crippen LogP contribution is 2.07. The molecule has 0 radical (unpaired) electrons. The normalized spacial score (nSPS) is 9.67. The van der Waals surface area contributed by atoms with Crippen molar-refractivity contribution in [3.05, 3.63) is 11.9 Å². The summed E-state index contributed by atoms with van der Waals surface area (Å²) in [7, 11) is 0. The summed E-state index contributed by atoms with van der Waals surface area (Å²) >= 11 is 0. The average Bonchev–Trinajstić information content (AvgIpc) is 2.32. The number of nitrogens with zero attached hydrogens (tertiary/aromatic N) is 3. The van der Waals surface area contributed by atoms with Crippen molar-refractivity contribution >= 4 is 5.69 Å². The van der Waals surface area contributed by atoms with Gasteiger partial charge in [-0.2, -0.15) is 10.4 Å². The van der Waals surface area contributed by atoms with Gasteiger partial charge in [0.15, 0.2) is 0 Å². The van der Waals surface area contributed by atoms with Crippen LogP contribution in [0.4, 0.5) is 5.69 Å². The van der Waals surface area contributed by atoms with Gasteiger partial charge in [0, 0.05) is 19.2 Å². The number of hydrogen-bond donors (Lipinski definition) is 1. The molecule has 0 spiro atoms. The van der Waals surface area contributed by atoms with E-state index in [9.17, 15) is 0 Å². The van der Waals surface area contributed by atoms with Crippen LogP contribution in [-0.2, 0) is 6.54 Å². The van der Waals surface area contributed by atoms with Gasteiger partial charge in [-0.1, -0.05) is 0 Å². The minimum atomic E-state index is 0.568. The van der Waals surface area contributed by atoms with Gasteiger partial charge in [-0.3, -0.25) is 4.68 Å². The van der Waals surface area contributed by atoms with Crippen LogP contribution in [0.2, 0.25) is 0 Å². The maximum atomic E-state index is 8.30. The molecular weight excluding hydrogens is 152 g/mol. The number of aromatic nitrogens is 2. The standard InChI is InChI=1S/C8H12N4/c1-7-8(10)6-12(11-7)5-3-2-4-9/h6H,2-3,5,10H2,1H3. The van der Waals surface area contributed by atoms with Gasteiger partial charge in [-0.15, -0.1) is 0 Å². The molecule has 0 aliphatic heterocycles. The highest BCUT2D eigenvalue weighted by molar-refractivity contribution is 5.39. The summed E-state index contributed by atoms with van der Waals surface area (Å²) in [5, 5.41) is 12.5. The Kier molecular flexibility index (Phi) is 2.70. The molecule has 0 saturated carbocycles. The lowest BCUT2D eigenvalue weighted by atomic mass is 10.3. The molecule has 0 fully saturated rings. The number of nitrogens with two attached hydrogens (primary N) is 1. The molecule has 1 heterocycles. The summed E-state index contributed by atoms with van der Waals surface area (Å²) in [6.07, 6.45) is 3.20. The number of rotatable bonds is 3. The van der Waals surface area contributed by atoms with Crippen molar-refractivity contribution < 1.29 is 0 Å². The number of aryl methyl sites for hydroxylation is 2. The van der Waals surface area contributed by atoms with Gasteiger partial charge in [0.2, 0.25) is 0 Å². The van der Waals surface area contributed by atoms with E-state index in [0.717, 1.165) is 18.7 Å². The minimum Gasteiger partial charge on any atom is -0.396 e. The monoisotopic (exact) mass is 164 g/mol. The zero-order valence-electron chi connectivity index (χ0n) is 7.12. The van der Waals surface area contributed by atoms with Crippen LogP contribution in [0.5, 0.6) is 0 Å². The van der Waals surface area contributed by atoms with Crippen LogP contribution in [-0.4, -0.2) is 9.78 Å². The topological polar surface area (TPSA) is 67.6 Å². The van der Waals surface area contributed by atoms with Crippen LogP contribution >= 0.6 is 0 Å². The molecule has 0 aliphatic rings. The number of hydrogen-bond acceptors (Lipinski definition) is 3. The van der Waals surface area contributed by atoms with E-state index in [2.05, 4.69) is 11.2 Å². The summed E-state index contributed by atoms with van der Waals surface area (Å²) in [6, 6.07) is 2.09. The summed E-state index contributed by atoms with van der Waals surface area (Å²) in [6.45, 7) is 2.64. The Morgan fingerprint density at radius 2 is 2.50 bits per heavy atom. The summed E-state index contributed by atoms with van der Waals surface area (Å²) in [5.41, 5.74) is 7.16. The first-order valence-corrected chi connectivity index (χ1v) is 3.90. The summed E-state index contributed by atoms with van der Waals surface area (Å²) in [4.78, 5) is 0. The van der Waals surface area contributed by atoms with Crippen molar-refractivity contribution in [2.24, 2.45) is 0 Å². The molecule has 4 heteroatoms. The van der Waals surface area contributed by atoms with Crippen LogP contribution in [0.3, 0.4) is 0 Å². The van der Waals surface area contributed by atoms with Gasteiger partial charge < -0.3 is 5.73 Å². The molecule has 0 aromatic carbocycles. The number of nitrogen functional groups attached to an aromatic ring is 1. The van der Waals surface area contributed by atoms with Gasteiger partial charge in [0.05, 0.1) is 17.5 Å². The van der Waals surface area contributed by atoms with E-state index >= 15 is 0 Å². The number of anilines is 1. The van der Waals surface area contributed by atoms with E-state index in [-0.39, 0.29) is 0 Å². The Labute approximate surface area is 71.6 Å². The second-order valence-corrected chi connectivity index (χ2v) is 2.69.